The predicted octanol–water partition coefficient (Wildman–Crippen LogP) is 4.03. The minimum atomic E-state index is -4.54. The van der Waals surface area contributed by atoms with E-state index < -0.39 is 17.8 Å². The third kappa shape index (κ3) is 7.27. The fourth-order valence-electron chi connectivity index (χ4n) is 2.30. The van der Waals surface area contributed by atoms with Crippen LogP contribution in [0.4, 0.5) is 13.2 Å². The summed E-state index contributed by atoms with van der Waals surface area (Å²) in [5.41, 5.74) is -0.885. The number of benzene rings is 1. The van der Waals surface area contributed by atoms with Gasteiger partial charge in [0, 0.05) is 31.1 Å². The first-order valence-electron chi connectivity index (χ1n) is 8.25. The summed E-state index contributed by atoms with van der Waals surface area (Å²) in [5, 5.41) is 2.76. The lowest BCUT2D eigenvalue weighted by atomic mass is 10.0. The Balaban J connectivity index is 3.04. The summed E-state index contributed by atoms with van der Waals surface area (Å²) < 4.78 is 45.4. The monoisotopic (exact) mass is 390 g/mol. The van der Waals surface area contributed by atoms with E-state index in [1.807, 2.05) is 20.1 Å². The number of hydrogen-bond donors (Lipinski definition) is 1. The lowest BCUT2D eigenvalue weighted by Gasteiger charge is -2.21. The first kappa shape index (κ1) is 22.3. The van der Waals surface area contributed by atoms with E-state index in [1.165, 1.54) is 19.2 Å². The highest BCUT2D eigenvalue weighted by Crippen LogP contribution is 2.34. The molecule has 1 amide bonds. The molecule has 0 heterocycles. The number of alkyl halides is 3. The number of nitrogens with zero attached hydrogens (tertiary/aromatic N) is 1. The number of carbonyl (C=O) groups excluding carboxylic acids is 1. The van der Waals surface area contributed by atoms with E-state index in [9.17, 15) is 18.0 Å². The van der Waals surface area contributed by atoms with Crippen molar-refractivity contribution in [2.45, 2.75) is 32.5 Å². The van der Waals surface area contributed by atoms with Gasteiger partial charge in [0.1, 0.15) is 5.75 Å². The molecular formula is C18H25F3N2O2S. The molecule has 0 spiro atoms. The fourth-order valence-corrected chi connectivity index (χ4v) is 2.60. The van der Waals surface area contributed by atoms with Crippen molar-refractivity contribution in [3.8, 4) is 5.75 Å². The van der Waals surface area contributed by atoms with E-state index in [4.69, 9.17) is 4.74 Å². The largest absolute Gasteiger partial charge is 0.481 e. The minimum absolute atomic E-state index is 0.0104. The van der Waals surface area contributed by atoms with Crippen LogP contribution in [0.1, 0.15) is 31.4 Å². The van der Waals surface area contributed by atoms with E-state index in [2.05, 4.69) is 10.3 Å². The van der Waals surface area contributed by atoms with Crippen LogP contribution in [0.3, 0.4) is 0 Å². The lowest BCUT2D eigenvalue weighted by Crippen LogP contribution is -2.40. The van der Waals surface area contributed by atoms with Crippen molar-refractivity contribution in [2.24, 2.45) is 10.9 Å². The van der Waals surface area contributed by atoms with Gasteiger partial charge in [0.2, 0.25) is 0 Å². The second kappa shape index (κ2) is 10.4. The summed E-state index contributed by atoms with van der Waals surface area (Å²) in [6.45, 7) is 4.33. The molecule has 146 valence electrons. The summed E-state index contributed by atoms with van der Waals surface area (Å²) in [6, 6.07) is 3.64. The molecule has 1 atom stereocenters. The van der Waals surface area contributed by atoms with E-state index >= 15 is 0 Å². The lowest BCUT2D eigenvalue weighted by molar-refractivity contribution is -0.137. The Morgan fingerprint density at radius 2 is 2.08 bits per heavy atom. The van der Waals surface area contributed by atoms with Crippen molar-refractivity contribution in [1.29, 1.82) is 0 Å². The minimum Gasteiger partial charge on any atom is -0.481 e. The van der Waals surface area contributed by atoms with Crippen molar-refractivity contribution in [2.75, 3.05) is 25.6 Å². The molecule has 1 aromatic carbocycles. The zero-order chi connectivity index (χ0) is 19.7. The highest BCUT2D eigenvalue weighted by Gasteiger charge is 2.34. The quantitative estimate of drug-likeness (QED) is 0.512. The van der Waals surface area contributed by atoms with Crippen molar-refractivity contribution < 1.29 is 22.7 Å². The molecule has 1 unspecified atom stereocenters. The van der Waals surface area contributed by atoms with Crippen LogP contribution in [-0.4, -0.2) is 43.8 Å². The van der Waals surface area contributed by atoms with Gasteiger partial charge in [0.15, 0.2) is 6.10 Å². The summed E-state index contributed by atoms with van der Waals surface area (Å²) >= 11 is 1.59. The SMILES string of the molecule is CN=Cc1ccc(OC(CC(C)C)C(=O)NCCSC)cc1C(F)(F)F. The Morgan fingerprint density at radius 3 is 2.62 bits per heavy atom. The normalized spacial score (nSPS) is 13.2. The van der Waals surface area contributed by atoms with Crippen LogP contribution in [0, 0.1) is 5.92 Å². The second-order valence-electron chi connectivity index (χ2n) is 6.15. The Labute approximate surface area is 156 Å². The molecule has 1 aromatic rings. The molecule has 0 saturated carbocycles. The fraction of sp³-hybridized carbons (Fsp3) is 0.556. The van der Waals surface area contributed by atoms with Gasteiger partial charge in [-0.2, -0.15) is 24.9 Å². The zero-order valence-electron chi connectivity index (χ0n) is 15.4. The van der Waals surface area contributed by atoms with Crippen LogP contribution < -0.4 is 10.1 Å². The van der Waals surface area contributed by atoms with Crippen molar-refractivity contribution in [3.63, 3.8) is 0 Å². The Morgan fingerprint density at radius 1 is 1.38 bits per heavy atom. The van der Waals surface area contributed by atoms with Gasteiger partial charge in [-0.25, -0.2) is 0 Å². The molecule has 0 aliphatic heterocycles. The molecule has 0 fully saturated rings. The average molecular weight is 390 g/mol. The van der Waals surface area contributed by atoms with Gasteiger partial charge in [-0.3, -0.25) is 9.79 Å². The topological polar surface area (TPSA) is 50.7 Å². The number of ether oxygens (including phenoxy) is 1. The molecule has 0 aliphatic carbocycles. The van der Waals surface area contributed by atoms with E-state index in [0.29, 0.717) is 13.0 Å². The van der Waals surface area contributed by atoms with Gasteiger partial charge in [-0.15, -0.1) is 0 Å². The maximum atomic E-state index is 13.3. The van der Waals surface area contributed by atoms with Gasteiger partial charge in [0.25, 0.3) is 5.91 Å². The van der Waals surface area contributed by atoms with Gasteiger partial charge < -0.3 is 10.1 Å². The number of aliphatic imine (C=N–C) groups is 1. The zero-order valence-corrected chi connectivity index (χ0v) is 16.2. The molecule has 26 heavy (non-hydrogen) atoms. The standard InChI is InChI=1S/C18H25F3N2O2S/c1-12(2)9-16(17(24)23-7-8-26-4)25-14-6-5-13(11-22-3)15(10-14)18(19,20)21/h5-6,10-12,16H,7-9H2,1-4H3,(H,23,24). The number of thioether (sulfide) groups is 1. The summed E-state index contributed by atoms with van der Waals surface area (Å²) in [4.78, 5) is 16.0. The Hall–Kier alpha value is -1.70. The van der Waals surface area contributed by atoms with Crippen molar-refractivity contribution in [1.82, 2.24) is 5.32 Å². The number of carbonyl (C=O) groups is 1. The smallest absolute Gasteiger partial charge is 0.417 e. The Kier molecular flexibility index (Phi) is 8.98. The van der Waals surface area contributed by atoms with Crippen LogP contribution in [0.5, 0.6) is 5.75 Å². The molecule has 0 aromatic heterocycles. The maximum Gasteiger partial charge on any atom is 0.417 e. The molecule has 1 rings (SSSR count). The van der Waals surface area contributed by atoms with Gasteiger partial charge in [-0.1, -0.05) is 13.8 Å². The highest BCUT2D eigenvalue weighted by molar-refractivity contribution is 7.98. The van der Waals surface area contributed by atoms with Crippen LogP contribution in [0.15, 0.2) is 23.2 Å². The van der Waals surface area contributed by atoms with Gasteiger partial charge in [-0.05, 0) is 36.8 Å². The van der Waals surface area contributed by atoms with Crippen LogP contribution >= 0.6 is 11.8 Å². The number of hydrogen-bond acceptors (Lipinski definition) is 4. The highest BCUT2D eigenvalue weighted by atomic mass is 32.2. The van der Waals surface area contributed by atoms with E-state index in [1.54, 1.807) is 11.8 Å². The Bertz CT molecular complexity index is 619. The molecule has 0 aliphatic rings. The number of halogens is 3. The number of rotatable bonds is 9. The third-order valence-electron chi connectivity index (χ3n) is 3.46. The molecule has 8 heteroatoms. The molecular weight excluding hydrogens is 365 g/mol. The second-order valence-corrected chi connectivity index (χ2v) is 7.14. The molecule has 0 bridgehead atoms. The maximum absolute atomic E-state index is 13.3. The molecule has 4 nitrogen and oxygen atoms in total. The van der Waals surface area contributed by atoms with Crippen molar-refractivity contribution in [3.05, 3.63) is 29.3 Å². The van der Waals surface area contributed by atoms with Crippen LogP contribution in [-0.2, 0) is 11.0 Å². The van der Waals surface area contributed by atoms with E-state index in [0.717, 1.165) is 18.0 Å². The number of nitrogens with one attached hydrogen (secondary N) is 1. The summed E-state index contributed by atoms with van der Waals surface area (Å²) in [5.74, 6) is 0.597. The van der Waals surface area contributed by atoms with Crippen LogP contribution in [0.25, 0.3) is 0 Å². The summed E-state index contributed by atoms with van der Waals surface area (Å²) in [6.07, 6.45) is -1.90. The predicted molar refractivity (Wildman–Crippen MR) is 100 cm³/mol. The molecule has 0 radical (unpaired) electrons. The first-order chi connectivity index (χ1) is 12.2. The third-order valence-corrected chi connectivity index (χ3v) is 4.07. The first-order valence-corrected chi connectivity index (χ1v) is 9.65. The molecule has 0 saturated heterocycles. The number of amides is 1. The van der Waals surface area contributed by atoms with E-state index in [-0.39, 0.29) is 23.1 Å². The van der Waals surface area contributed by atoms with Crippen molar-refractivity contribution >= 4 is 23.9 Å². The average Bonchev–Trinajstić information content (AvgIpc) is 2.54. The summed E-state index contributed by atoms with van der Waals surface area (Å²) in [7, 11) is 1.40. The van der Waals surface area contributed by atoms with Gasteiger partial charge in [0.05, 0.1) is 5.56 Å². The van der Waals surface area contributed by atoms with Crippen LogP contribution in [0.2, 0.25) is 0 Å². The molecule has 1 N–H and O–H groups in total. The van der Waals surface area contributed by atoms with Gasteiger partial charge >= 0.3 is 6.18 Å².